The largest absolute Gasteiger partial charge is 0.452 e. The second-order valence-electron chi connectivity index (χ2n) is 9.23. The van der Waals surface area contributed by atoms with Crippen LogP contribution < -0.4 is 5.32 Å². The molecular weight excluding hydrogens is 499 g/mol. The van der Waals surface area contributed by atoms with E-state index in [2.05, 4.69) is 5.32 Å². The summed E-state index contributed by atoms with van der Waals surface area (Å²) >= 11 is 0. The van der Waals surface area contributed by atoms with Crippen molar-refractivity contribution in [1.82, 2.24) is 15.1 Å². The molecule has 2 aromatic rings. The molecule has 7 nitrogen and oxygen atoms in total. The molecule has 3 amide bonds. The summed E-state index contributed by atoms with van der Waals surface area (Å²) in [5.41, 5.74) is 1.22. The molecule has 0 fully saturated rings. The van der Waals surface area contributed by atoms with Crippen LogP contribution in [-0.4, -0.2) is 58.1 Å². The van der Waals surface area contributed by atoms with Gasteiger partial charge in [-0.05, 0) is 17.0 Å². The number of nitrogens with zero attached hydrogens (tertiary/aromatic N) is 2. The first-order chi connectivity index (χ1) is 17.9. The number of rotatable bonds is 9. The number of benzene rings is 2. The highest BCUT2D eigenvalue weighted by Crippen LogP contribution is 2.31. The first-order valence-electron chi connectivity index (χ1n) is 12.3. The third-order valence-electron chi connectivity index (χ3n) is 6.50. The van der Waals surface area contributed by atoms with Crippen molar-refractivity contribution < 1.29 is 32.3 Å². The Balaban J connectivity index is 1.95. The highest BCUT2D eigenvalue weighted by Gasteiger charge is 2.45. The van der Waals surface area contributed by atoms with E-state index in [0.717, 1.165) is 0 Å². The van der Waals surface area contributed by atoms with Gasteiger partial charge in [0.05, 0.1) is 5.70 Å². The van der Waals surface area contributed by atoms with Crippen molar-refractivity contribution in [2.75, 3.05) is 6.54 Å². The van der Waals surface area contributed by atoms with Gasteiger partial charge in [-0.25, -0.2) is 0 Å². The summed E-state index contributed by atoms with van der Waals surface area (Å²) in [6.07, 6.45) is -3.47. The molecule has 1 aliphatic heterocycles. The molecule has 0 unspecified atom stereocenters. The van der Waals surface area contributed by atoms with Gasteiger partial charge < -0.3 is 10.2 Å². The highest BCUT2D eigenvalue weighted by atomic mass is 19.4. The van der Waals surface area contributed by atoms with Crippen molar-refractivity contribution in [2.45, 2.75) is 51.9 Å². The monoisotopic (exact) mass is 529 g/mol. The van der Waals surface area contributed by atoms with Crippen LogP contribution in [0.15, 0.2) is 66.9 Å². The number of amides is 3. The fraction of sp³-hybridized carbons (Fsp3) is 0.357. The van der Waals surface area contributed by atoms with Crippen molar-refractivity contribution in [3.8, 4) is 0 Å². The molecule has 3 rings (SSSR count). The van der Waals surface area contributed by atoms with Gasteiger partial charge in [-0.3, -0.25) is 24.1 Å². The lowest BCUT2D eigenvalue weighted by Gasteiger charge is -2.41. The fourth-order valence-electron chi connectivity index (χ4n) is 4.35. The average Bonchev–Trinajstić information content (AvgIpc) is 2.88. The van der Waals surface area contributed by atoms with Crippen molar-refractivity contribution in [3.63, 3.8) is 0 Å². The average molecular weight is 530 g/mol. The number of alkyl halides is 3. The van der Waals surface area contributed by atoms with Gasteiger partial charge in [-0.15, -0.1) is 0 Å². The molecule has 0 aromatic heterocycles. The smallest absolute Gasteiger partial charge is 0.344 e. The lowest BCUT2D eigenvalue weighted by atomic mass is 9.93. The van der Waals surface area contributed by atoms with Gasteiger partial charge in [0.15, 0.2) is 0 Å². The number of Topliss-reactive ketones (excluding diaryl/α,β-unsaturated/α-hetero) is 1. The lowest BCUT2D eigenvalue weighted by molar-refractivity contribution is -0.173. The maximum atomic E-state index is 13.7. The Hall–Kier alpha value is -3.95. The first kappa shape index (κ1) is 28.6. The maximum Gasteiger partial charge on any atom is 0.452 e. The molecule has 0 aliphatic carbocycles. The van der Waals surface area contributed by atoms with Gasteiger partial charge in [0.1, 0.15) is 18.6 Å². The number of nitrogens with one attached hydrogen (secondary N) is 1. The highest BCUT2D eigenvalue weighted by molar-refractivity contribution is 6.00. The standard InChI is InChI=1S/C28H30F3N3O4/c1-4-18(2)25-27(38)34(23(16-33(25)19(3)35)21-13-9-6-10-14-21)17-24(36)32-22(26(37)28(29,30)31)15-20-11-7-5-8-12-20/h5-14,16,18,22,25H,4,15,17H2,1-3H3,(H,32,36)/t18-,22-,25-/m0/s1. The third kappa shape index (κ3) is 6.67. The van der Waals surface area contributed by atoms with Crippen LogP contribution in [0.4, 0.5) is 13.2 Å². The third-order valence-corrected chi connectivity index (χ3v) is 6.50. The minimum Gasteiger partial charge on any atom is -0.344 e. The molecule has 0 bridgehead atoms. The number of carbonyl (C=O) groups excluding carboxylic acids is 4. The molecule has 0 spiro atoms. The second kappa shape index (κ2) is 12.1. The van der Waals surface area contributed by atoms with Gasteiger partial charge in [0.25, 0.3) is 11.7 Å². The Kier molecular flexibility index (Phi) is 9.08. The Morgan fingerprint density at radius 1 is 1.00 bits per heavy atom. The summed E-state index contributed by atoms with van der Waals surface area (Å²) in [4.78, 5) is 53.9. The molecule has 10 heteroatoms. The van der Waals surface area contributed by atoms with Gasteiger partial charge in [0, 0.05) is 19.5 Å². The zero-order valence-electron chi connectivity index (χ0n) is 21.4. The van der Waals surface area contributed by atoms with E-state index < -0.39 is 42.4 Å². The van der Waals surface area contributed by atoms with Crippen LogP contribution in [-0.2, 0) is 25.6 Å². The van der Waals surface area contributed by atoms with E-state index in [-0.39, 0.29) is 23.9 Å². The van der Waals surface area contributed by atoms with Crippen LogP contribution in [0.3, 0.4) is 0 Å². The van der Waals surface area contributed by atoms with Crippen molar-refractivity contribution in [3.05, 3.63) is 78.0 Å². The van der Waals surface area contributed by atoms with E-state index in [1.807, 2.05) is 6.92 Å². The van der Waals surface area contributed by atoms with Crippen LogP contribution in [0.5, 0.6) is 0 Å². The topological polar surface area (TPSA) is 86.8 Å². The molecule has 3 atom stereocenters. The summed E-state index contributed by atoms with van der Waals surface area (Å²) in [5.74, 6) is -4.17. The zero-order chi connectivity index (χ0) is 28.0. The SMILES string of the molecule is CC[C@H](C)[C@H]1C(=O)N(CC(=O)N[C@@H](Cc2ccccc2)C(=O)C(F)(F)F)C(c2ccccc2)=CN1C(C)=O. The van der Waals surface area contributed by atoms with Crippen LogP contribution in [0, 0.1) is 5.92 Å². The molecule has 0 radical (unpaired) electrons. The van der Waals surface area contributed by atoms with E-state index in [1.165, 1.54) is 22.9 Å². The zero-order valence-corrected chi connectivity index (χ0v) is 21.4. The summed E-state index contributed by atoms with van der Waals surface area (Å²) < 4.78 is 40.0. The molecule has 2 aromatic carbocycles. The van der Waals surface area contributed by atoms with E-state index in [0.29, 0.717) is 17.5 Å². The molecule has 1 heterocycles. The van der Waals surface area contributed by atoms with Crippen molar-refractivity contribution in [1.29, 1.82) is 0 Å². The van der Waals surface area contributed by atoms with Crippen molar-refractivity contribution >= 4 is 29.2 Å². The van der Waals surface area contributed by atoms with Crippen LogP contribution >= 0.6 is 0 Å². The Morgan fingerprint density at radius 2 is 1.58 bits per heavy atom. The summed E-state index contributed by atoms with van der Waals surface area (Å²) in [6, 6.07) is 13.8. The molecule has 0 saturated carbocycles. The molecule has 202 valence electrons. The van der Waals surface area contributed by atoms with Gasteiger partial charge in [-0.1, -0.05) is 80.9 Å². The van der Waals surface area contributed by atoms with E-state index in [4.69, 9.17) is 0 Å². The minimum absolute atomic E-state index is 0.252. The number of hydrogen-bond donors (Lipinski definition) is 1. The van der Waals surface area contributed by atoms with E-state index in [9.17, 15) is 32.3 Å². The fourth-order valence-corrected chi connectivity index (χ4v) is 4.35. The summed E-state index contributed by atoms with van der Waals surface area (Å²) in [7, 11) is 0. The quantitative estimate of drug-likeness (QED) is 0.533. The van der Waals surface area contributed by atoms with E-state index >= 15 is 0 Å². The van der Waals surface area contributed by atoms with Crippen LogP contribution in [0.2, 0.25) is 0 Å². The van der Waals surface area contributed by atoms with Gasteiger partial charge in [0.2, 0.25) is 11.8 Å². The van der Waals surface area contributed by atoms with E-state index in [1.54, 1.807) is 67.6 Å². The maximum absolute atomic E-state index is 13.7. The molecule has 38 heavy (non-hydrogen) atoms. The predicted molar refractivity (Wildman–Crippen MR) is 135 cm³/mol. The second-order valence-corrected chi connectivity index (χ2v) is 9.23. The number of ketones is 1. The van der Waals surface area contributed by atoms with Crippen LogP contribution in [0.25, 0.3) is 5.70 Å². The molecule has 1 aliphatic rings. The number of carbonyl (C=O) groups is 4. The van der Waals surface area contributed by atoms with Crippen LogP contribution in [0.1, 0.15) is 38.3 Å². The number of halogens is 3. The Labute approximate surface area is 219 Å². The van der Waals surface area contributed by atoms with Gasteiger partial charge in [-0.2, -0.15) is 13.2 Å². The molecule has 1 N–H and O–H groups in total. The van der Waals surface area contributed by atoms with Crippen molar-refractivity contribution in [2.24, 2.45) is 5.92 Å². The normalized spacial score (nSPS) is 17.5. The minimum atomic E-state index is -5.16. The summed E-state index contributed by atoms with van der Waals surface area (Å²) in [5, 5.41) is 2.19. The van der Waals surface area contributed by atoms with Gasteiger partial charge >= 0.3 is 6.18 Å². The lowest BCUT2D eigenvalue weighted by Crippen LogP contribution is -2.57. The predicted octanol–water partition coefficient (Wildman–Crippen LogP) is 3.95. The number of hydrogen-bond acceptors (Lipinski definition) is 4. The summed E-state index contributed by atoms with van der Waals surface area (Å²) in [6.45, 7) is 4.37. The Morgan fingerprint density at radius 3 is 2.11 bits per heavy atom. The Bertz CT molecular complexity index is 1200. The molecular formula is C28H30F3N3O4. The first-order valence-corrected chi connectivity index (χ1v) is 12.3. The molecule has 0 saturated heterocycles.